The van der Waals surface area contributed by atoms with Gasteiger partial charge in [-0.3, -0.25) is 107 Å². The Hall–Kier alpha value is -10.3. The molecule has 23 atom stereocenters. The average Bonchev–Trinajstić information content (AvgIpc) is 1.62. The second kappa shape index (κ2) is 36.4. The van der Waals surface area contributed by atoms with E-state index in [-0.39, 0.29) is 81.1 Å². The third-order valence-electron chi connectivity index (χ3n) is 21.1. The van der Waals surface area contributed by atoms with Crippen molar-refractivity contribution in [2.45, 2.75) is 156 Å². The normalized spacial score (nSPS) is 28.5. The first-order valence-electron chi connectivity index (χ1n) is 38.3. The molecule has 60 nitrogen and oxygen atoms in total. The van der Waals surface area contributed by atoms with Crippen LogP contribution in [0.15, 0.2) is 84.8 Å². The Morgan fingerprint density at radius 2 is 0.845 bits per heavy atom. The number of nitrogen functional groups attached to an aromatic ring is 5. The predicted molar refractivity (Wildman–Crippen MR) is 427 cm³/mol. The van der Waals surface area contributed by atoms with E-state index in [1.165, 1.54) is 58.7 Å². The Bertz CT molecular complexity index is 6640. The summed E-state index contributed by atoms with van der Waals surface area (Å²) < 4.78 is 175. The lowest BCUT2D eigenvalue weighted by molar-refractivity contribution is -0.134. The molecule has 0 aliphatic carbocycles. The molecule has 10 aromatic heterocycles. The number of carbonyl (C=O) groups excluding carboxylic acids is 1. The molecule has 5 unspecified atom stereocenters. The van der Waals surface area contributed by atoms with Crippen LogP contribution in [-0.4, -0.2) is 253 Å². The molecule has 21 N–H and O–H groups in total. The van der Waals surface area contributed by atoms with Crippen molar-refractivity contribution in [3.8, 4) is 0 Å². The maximum Gasteiger partial charge on any atom is 0.472 e. The highest BCUT2D eigenvalue weighted by atomic mass is 31.2. The van der Waals surface area contributed by atoms with Gasteiger partial charge in [0.05, 0.1) is 77.2 Å². The third kappa shape index (κ3) is 20.1. The number of anilines is 5. The molecule has 6 fully saturated rings. The van der Waals surface area contributed by atoms with Crippen molar-refractivity contribution in [1.29, 1.82) is 0 Å². The number of phosphoric acid groups is 5. The van der Waals surface area contributed by atoms with Crippen molar-refractivity contribution in [3.63, 3.8) is 0 Å². The molecule has 65 heteroatoms. The molecule has 16 heterocycles. The number of nitrogens with one attached hydrogen (secondary N) is 4. The number of phosphoric ester groups is 5. The summed E-state index contributed by atoms with van der Waals surface area (Å²) in [5.74, 6) is -1.99. The molecule has 0 amide bonds. The van der Waals surface area contributed by atoms with E-state index in [0.717, 1.165) is 44.8 Å². The molecule has 0 aromatic carbocycles. The summed E-state index contributed by atoms with van der Waals surface area (Å²) in [7, 11) is -26.5. The number of esters is 1. The Kier molecular flexibility index (Phi) is 26.0. The minimum absolute atomic E-state index is 0.0207. The fraction of sp³-hybridized carbons (Fsp3) is 0.500. The topological polar surface area (TPSA) is 842 Å². The van der Waals surface area contributed by atoms with Gasteiger partial charge in [0, 0.05) is 74.3 Å². The summed E-state index contributed by atoms with van der Waals surface area (Å²) in [6.07, 6.45) is -19.6. The number of aliphatic hydroxyl groups is 2. The van der Waals surface area contributed by atoms with Gasteiger partial charge in [0.25, 0.3) is 22.2 Å². The van der Waals surface area contributed by atoms with Crippen LogP contribution in [0.4, 0.5) is 29.5 Å². The van der Waals surface area contributed by atoms with Gasteiger partial charge >= 0.3 is 56.5 Å². The lowest BCUT2D eigenvalue weighted by Gasteiger charge is -2.26. The molecule has 0 radical (unpaired) electrons. The van der Waals surface area contributed by atoms with Gasteiger partial charge in [-0.1, -0.05) is 0 Å². The maximum absolute atomic E-state index is 14.5. The summed E-state index contributed by atoms with van der Waals surface area (Å²) >= 11 is 0. The summed E-state index contributed by atoms with van der Waals surface area (Å²) in [6.45, 7) is -4.73. The first-order valence-corrected chi connectivity index (χ1v) is 45.8. The fourth-order valence-electron chi connectivity index (χ4n) is 15.2. The van der Waals surface area contributed by atoms with E-state index in [1.54, 1.807) is 0 Å². The molecule has 0 spiro atoms. The smallest absolute Gasteiger partial charge is 0.466 e. The average molecular weight is 1920 g/mol. The van der Waals surface area contributed by atoms with Gasteiger partial charge in [-0.25, -0.2) is 62.1 Å². The molecule has 10 aromatic rings. The SMILES string of the molecule is COC(=O)/C=C/c1cn([C@H]2C[C@H](O)[C@@H](COP(=O)(O)O[C@H]3C[C@H](n4cnc5c(=O)[nH]c(N)nc54)O[C@@H]3COP(=O)(O)O[C@H]3C[C@H](n4ccc(N)nc4=O)O[C@@H]3COP(=O)(O)O[C@H]3C[C@H](n4cnc5c(=O)[nH]c(N)nc54)O[C@@H]3COP(=O)(O)O[C@H]3C[C@H](n4cc(C)c(=O)[nH]c4=O)O[C@@H]3COP(=O)(O)O[C@H]3C[C@H](n4cnc5c(=O)[nH]c(N)nc54)O[C@@H]3CO)O2)c2ncnc(N)c12. The van der Waals surface area contributed by atoms with Gasteiger partial charge < -0.3 is 101 Å². The molecule has 6 aliphatic rings. The van der Waals surface area contributed by atoms with Crippen LogP contribution in [0.2, 0.25) is 0 Å². The van der Waals surface area contributed by atoms with Gasteiger partial charge in [0.1, 0.15) is 128 Å². The number of aryl methyl sites for hydroxylation is 1. The van der Waals surface area contributed by atoms with Crippen molar-refractivity contribution in [2.75, 3.05) is 75.4 Å². The molecule has 696 valence electrons. The fourth-order valence-corrected chi connectivity index (χ4v) is 20.0. The van der Waals surface area contributed by atoms with E-state index in [9.17, 15) is 91.1 Å². The van der Waals surface area contributed by atoms with Crippen LogP contribution < -0.4 is 62.3 Å². The van der Waals surface area contributed by atoms with Crippen LogP contribution in [0, 0.1) is 6.92 Å². The van der Waals surface area contributed by atoms with Crippen LogP contribution in [0.1, 0.15) is 87.0 Å². The number of nitrogens with zero attached hydrogens (tertiary/aromatic N) is 15. The quantitative estimate of drug-likeness (QED) is 0.0114. The zero-order valence-corrected chi connectivity index (χ0v) is 70.9. The van der Waals surface area contributed by atoms with E-state index in [4.69, 9.17) is 107 Å². The number of aliphatic hydroxyl groups excluding tert-OH is 2. The first kappa shape index (κ1) is 92.0. The molecular formula is C64H79N24O36P5. The number of fused-ring (bicyclic) bond motifs is 4. The Morgan fingerprint density at radius 1 is 0.473 bits per heavy atom. The number of H-pyrrole nitrogens is 4. The standard InChI is InChI=1S/C64H79N24O36P5/c1-25-13-85(64(97)82-56(25)92)42-10-30(36(117-42)18-110-126(100,101)120-28-8-43(114-33(28)15-89)86-22-72-48-53(86)76-60(67)79-57(48)93)122-128(104,105)113-20-38-32(12-45(119-38)88-24-74-50-55(88)78-62(69)81-59(50)95)124-129(106,107)111-17-35-29(9-41(116-35)83-6-5-39(65)75-63(83)96)121-127(102,103)112-19-37-31(11-44(118-37)87-23-73-49-54(87)77-61(68)80-58(49)94)123-125(98,99)109-16-34-27(90)7-40(115-34)84-14-26(3-4-46(91)108-2)47-51(66)70-21-71-52(47)84/h3-6,13-14,21-24,27-38,40-45,89-90H,7-12,15-20H2,1-2H3,(H,98,99)(H,100,101)(H,102,103)(H,104,105)(H,106,107)(H2,65,75,96)(H2,66,70,71)(H,82,92,97)(H3,67,76,79,93)(H3,68,77,80,94)(H3,69,78,81,95)/b4-3+/t27-,28-,29-,30-,31-,32-,33+,34+,35+,36+,37+,38+,40+,41+,42+,43+,44+,45+/m0/s1. The predicted octanol–water partition coefficient (Wildman–Crippen LogP) is -2.37. The minimum Gasteiger partial charge on any atom is -0.466 e. The molecule has 16 rings (SSSR count). The van der Waals surface area contributed by atoms with Gasteiger partial charge in [0.15, 0.2) is 33.5 Å². The molecule has 129 heavy (non-hydrogen) atoms. The number of aromatic amines is 4. The molecule has 0 saturated carbocycles. The van der Waals surface area contributed by atoms with E-state index in [0.29, 0.717) is 10.9 Å². The molecule has 6 saturated heterocycles. The van der Waals surface area contributed by atoms with E-state index in [1.807, 2.05) is 0 Å². The highest BCUT2D eigenvalue weighted by Gasteiger charge is 2.52. The Labute approximate surface area is 716 Å². The van der Waals surface area contributed by atoms with E-state index in [2.05, 4.69) is 64.8 Å². The highest BCUT2D eigenvalue weighted by molar-refractivity contribution is 7.48. The Morgan fingerprint density at radius 3 is 1.25 bits per heavy atom. The summed E-state index contributed by atoms with van der Waals surface area (Å²) in [5.41, 5.74) is 23.7. The number of imidazole rings is 3. The first-order chi connectivity index (χ1) is 61.1. The number of rotatable bonds is 34. The van der Waals surface area contributed by atoms with Crippen molar-refractivity contribution < 1.29 is 141 Å². The second-order valence-corrected chi connectivity index (χ2v) is 36.7. The lowest BCUT2D eigenvalue weighted by atomic mass is 10.2. The van der Waals surface area contributed by atoms with Gasteiger partial charge in [-0.05, 0) is 19.1 Å². The maximum atomic E-state index is 14.5. The second-order valence-electron chi connectivity index (χ2n) is 29.6. The number of hydrogen-bond acceptors (Lipinski definition) is 45. The van der Waals surface area contributed by atoms with Gasteiger partial charge in [-0.15, -0.1) is 0 Å². The molecule has 0 bridgehead atoms. The summed E-state index contributed by atoms with van der Waals surface area (Å²) in [4.78, 5) is 193. The van der Waals surface area contributed by atoms with Crippen LogP contribution in [0.5, 0.6) is 0 Å². The van der Waals surface area contributed by atoms with E-state index < -0.39 is 261 Å². The third-order valence-corrected chi connectivity index (χ3v) is 26.2. The number of aromatic nitrogens is 19. The van der Waals surface area contributed by atoms with Crippen molar-refractivity contribution >= 4 is 125 Å². The Balaban J connectivity index is 0.605. The molecular weight excluding hydrogens is 1840 g/mol. The van der Waals surface area contributed by atoms with Crippen LogP contribution in [0.3, 0.4) is 0 Å². The summed E-state index contributed by atoms with van der Waals surface area (Å²) in [5, 5.41) is 21.8. The zero-order valence-electron chi connectivity index (χ0n) is 66.5. The molecule has 6 aliphatic heterocycles. The van der Waals surface area contributed by atoms with Crippen LogP contribution in [0.25, 0.3) is 50.6 Å². The van der Waals surface area contributed by atoms with Crippen molar-refractivity contribution in [1.82, 2.24) is 92.2 Å². The van der Waals surface area contributed by atoms with Crippen LogP contribution >= 0.6 is 39.1 Å². The number of methoxy groups -OCH3 is 1. The largest absolute Gasteiger partial charge is 0.472 e. The van der Waals surface area contributed by atoms with Gasteiger partial charge in [0.2, 0.25) is 17.8 Å². The lowest BCUT2D eigenvalue weighted by Crippen LogP contribution is -2.33. The van der Waals surface area contributed by atoms with Gasteiger partial charge in [-0.2, -0.15) is 19.9 Å². The zero-order chi connectivity index (χ0) is 91.8. The van der Waals surface area contributed by atoms with E-state index >= 15 is 0 Å². The minimum atomic E-state index is -5.68. The number of nitrogens with two attached hydrogens (primary N) is 5. The number of carbonyl (C=O) groups is 1. The highest BCUT2D eigenvalue weighted by Crippen LogP contribution is 2.57. The monoisotopic (exact) mass is 1910 g/mol. The van der Waals surface area contributed by atoms with Crippen molar-refractivity contribution in [2.24, 2.45) is 0 Å². The van der Waals surface area contributed by atoms with Crippen molar-refractivity contribution in [3.05, 3.63) is 130 Å². The number of ether oxygens (including phenoxy) is 7. The summed E-state index contributed by atoms with van der Waals surface area (Å²) in [6, 6.07) is 1.18. The number of hydrogen-bond donors (Lipinski definition) is 16. The van der Waals surface area contributed by atoms with Crippen LogP contribution in [-0.2, 0) is 106 Å².